The van der Waals surface area contributed by atoms with Crippen molar-refractivity contribution in [2.75, 3.05) is 37.5 Å². The molecule has 0 aromatic heterocycles. The molecule has 2 aromatic carbocycles. The van der Waals surface area contributed by atoms with Crippen molar-refractivity contribution in [3.8, 4) is 0 Å². The fraction of sp³-hybridized carbons (Fsp3) is 0.391. The van der Waals surface area contributed by atoms with Gasteiger partial charge in [-0.15, -0.1) is 0 Å². The van der Waals surface area contributed by atoms with Gasteiger partial charge in [0.2, 0.25) is 0 Å². The maximum atomic E-state index is 13.4. The number of carbonyl (C=O) groups is 2. The van der Waals surface area contributed by atoms with E-state index in [4.69, 9.17) is 4.74 Å². The molecule has 33 heavy (non-hydrogen) atoms. The Balaban J connectivity index is 1.58. The molecule has 1 N–H and O–H groups in total. The van der Waals surface area contributed by atoms with Crippen molar-refractivity contribution in [1.29, 1.82) is 0 Å². The van der Waals surface area contributed by atoms with Crippen molar-refractivity contribution in [3.63, 3.8) is 0 Å². The molecule has 1 aliphatic rings. The highest BCUT2D eigenvalue weighted by Crippen LogP contribution is 2.20. The lowest BCUT2D eigenvalue weighted by Crippen LogP contribution is -2.50. The molecular weight excluding hydrogens is 449 g/mol. The molecule has 1 heterocycles. The van der Waals surface area contributed by atoms with Crippen LogP contribution in [-0.4, -0.2) is 63.0 Å². The van der Waals surface area contributed by atoms with E-state index in [1.165, 1.54) is 31.2 Å². The molecule has 1 saturated heterocycles. The number of carbonyl (C=O) groups excluding carboxylic acids is 2. The molecule has 0 unspecified atom stereocenters. The van der Waals surface area contributed by atoms with Gasteiger partial charge in [0, 0.05) is 37.4 Å². The van der Waals surface area contributed by atoms with Crippen LogP contribution in [0.3, 0.4) is 0 Å². The molecule has 178 valence electrons. The third kappa shape index (κ3) is 6.22. The van der Waals surface area contributed by atoms with Crippen molar-refractivity contribution in [3.05, 3.63) is 59.4 Å². The van der Waals surface area contributed by atoms with E-state index in [2.05, 4.69) is 4.72 Å². The number of hydrogen-bond donors (Lipinski definition) is 1. The highest BCUT2D eigenvalue weighted by atomic mass is 32.2. The Labute approximate surface area is 193 Å². The summed E-state index contributed by atoms with van der Waals surface area (Å²) in [5.74, 6) is -0.428. The molecule has 2 aromatic rings. The van der Waals surface area contributed by atoms with Crippen LogP contribution in [0, 0.1) is 18.7 Å². The number of aryl methyl sites for hydroxylation is 1. The Morgan fingerprint density at radius 1 is 1.03 bits per heavy atom. The number of anilines is 1. The number of nitrogens with zero attached hydrogens (tertiary/aromatic N) is 2. The van der Waals surface area contributed by atoms with E-state index in [9.17, 15) is 22.4 Å². The second kappa shape index (κ2) is 10.2. The molecule has 10 heteroatoms. The van der Waals surface area contributed by atoms with Crippen molar-refractivity contribution in [1.82, 2.24) is 9.80 Å². The molecule has 0 aliphatic carbocycles. The number of ether oxygens (including phenoxy) is 1. The molecule has 2 amide bonds. The topological polar surface area (TPSA) is 96.0 Å². The number of benzene rings is 2. The maximum absolute atomic E-state index is 13.4. The first-order valence-electron chi connectivity index (χ1n) is 10.7. The SMILES string of the molecule is Cc1cc(S(=O)(=O)Nc2ccc(C(=O)N3CCN(C(=O)OCC(C)C)CC3)cc2)ccc1F. The van der Waals surface area contributed by atoms with Gasteiger partial charge in [-0.3, -0.25) is 9.52 Å². The van der Waals surface area contributed by atoms with Crippen molar-refractivity contribution in [2.24, 2.45) is 5.92 Å². The second-order valence-electron chi connectivity index (χ2n) is 8.34. The Morgan fingerprint density at radius 3 is 2.21 bits per heavy atom. The Hall–Kier alpha value is -3.14. The van der Waals surface area contributed by atoms with Crippen LogP contribution in [-0.2, 0) is 14.8 Å². The lowest BCUT2D eigenvalue weighted by Gasteiger charge is -2.34. The first-order chi connectivity index (χ1) is 15.6. The summed E-state index contributed by atoms with van der Waals surface area (Å²) < 4.78 is 46.2. The van der Waals surface area contributed by atoms with Crippen LogP contribution in [0.25, 0.3) is 0 Å². The Bertz CT molecular complexity index is 1110. The first-order valence-corrected chi connectivity index (χ1v) is 12.1. The summed E-state index contributed by atoms with van der Waals surface area (Å²) in [5, 5.41) is 0. The fourth-order valence-corrected chi connectivity index (χ4v) is 4.43. The summed E-state index contributed by atoms with van der Waals surface area (Å²) in [6.45, 7) is 7.31. The average Bonchev–Trinajstić information content (AvgIpc) is 2.79. The van der Waals surface area contributed by atoms with E-state index in [0.29, 0.717) is 38.3 Å². The van der Waals surface area contributed by atoms with Gasteiger partial charge in [-0.25, -0.2) is 17.6 Å². The van der Waals surface area contributed by atoms with Crippen LogP contribution in [0.15, 0.2) is 47.4 Å². The number of sulfonamides is 1. The van der Waals surface area contributed by atoms with Crippen molar-refractivity contribution in [2.45, 2.75) is 25.7 Å². The van der Waals surface area contributed by atoms with E-state index >= 15 is 0 Å². The summed E-state index contributed by atoms with van der Waals surface area (Å²) in [5.41, 5.74) is 0.921. The standard InChI is InChI=1S/C23H28FN3O5S/c1-16(2)15-32-23(29)27-12-10-26(11-13-27)22(28)18-4-6-19(7-5-18)25-33(30,31)20-8-9-21(24)17(3)14-20/h4-9,14,16,25H,10-13,15H2,1-3H3. The van der Waals surface area contributed by atoms with Gasteiger partial charge in [0.1, 0.15) is 5.82 Å². The van der Waals surface area contributed by atoms with Crippen molar-refractivity contribution < 1.29 is 27.1 Å². The van der Waals surface area contributed by atoms with E-state index < -0.39 is 15.8 Å². The monoisotopic (exact) mass is 477 g/mol. The van der Waals surface area contributed by atoms with Gasteiger partial charge >= 0.3 is 6.09 Å². The van der Waals surface area contributed by atoms with Crippen LogP contribution >= 0.6 is 0 Å². The van der Waals surface area contributed by atoms with Crippen LogP contribution in [0.1, 0.15) is 29.8 Å². The van der Waals surface area contributed by atoms with Gasteiger partial charge in [-0.05, 0) is 60.9 Å². The highest BCUT2D eigenvalue weighted by Gasteiger charge is 2.26. The quantitative estimate of drug-likeness (QED) is 0.687. The zero-order valence-electron chi connectivity index (χ0n) is 18.9. The Morgan fingerprint density at radius 2 is 1.64 bits per heavy atom. The van der Waals surface area contributed by atoms with Crippen LogP contribution in [0.2, 0.25) is 0 Å². The molecule has 0 bridgehead atoms. The zero-order valence-corrected chi connectivity index (χ0v) is 19.7. The number of nitrogens with one attached hydrogen (secondary N) is 1. The van der Waals surface area contributed by atoms with Crippen LogP contribution in [0.4, 0.5) is 14.9 Å². The van der Waals surface area contributed by atoms with Crippen molar-refractivity contribution >= 4 is 27.7 Å². The molecule has 0 saturated carbocycles. The highest BCUT2D eigenvalue weighted by molar-refractivity contribution is 7.92. The maximum Gasteiger partial charge on any atom is 0.409 e. The van der Waals surface area contributed by atoms with E-state index in [0.717, 1.165) is 6.07 Å². The second-order valence-corrected chi connectivity index (χ2v) is 10.0. The molecule has 1 aliphatic heterocycles. The van der Waals surface area contributed by atoms with Gasteiger partial charge in [-0.1, -0.05) is 13.8 Å². The van der Waals surface area contributed by atoms with Crippen LogP contribution in [0.5, 0.6) is 0 Å². The molecule has 0 atom stereocenters. The number of amides is 2. The first kappa shape index (κ1) is 24.5. The van der Waals surface area contributed by atoms with E-state index in [1.807, 2.05) is 13.8 Å². The molecule has 8 nitrogen and oxygen atoms in total. The minimum absolute atomic E-state index is 0.0497. The van der Waals surface area contributed by atoms with Gasteiger partial charge in [0.15, 0.2) is 0 Å². The molecular formula is C23H28FN3O5S. The third-order valence-electron chi connectivity index (χ3n) is 5.19. The lowest BCUT2D eigenvalue weighted by atomic mass is 10.1. The van der Waals surface area contributed by atoms with E-state index in [-0.39, 0.29) is 34.1 Å². The lowest BCUT2D eigenvalue weighted by molar-refractivity contribution is 0.0535. The predicted molar refractivity (Wildman–Crippen MR) is 122 cm³/mol. The van der Waals surface area contributed by atoms with Gasteiger partial charge in [0.05, 0.1) is 11.5 Å². The summed E-state index contributed by atoms with van der Waals surface area (Å²) in [6.07, 6.45) is -0.371. The molecule has 1 fully saturated rings. The normalized spacial score (nSPS) is 14.3. The summed E-state index contributed by atoms with van der Waals surface area (Å²) in [7, 11) is -3.89. The van der Waals surface area contributed by atoms with Gasteiger partial charge in [0.25, 0.3) is 15.9 Å². The third-order valence-corrected chi connectivity index (χ3v) is 6.57. The fourth-order valence-electron chi connectivity index (χ4n) is 3.28. The zero-order chi connectivity index (χ0) is 24.2. The number of piperazine rings is 1. The minimum atomic E-state index is -3.89. The molecule has 0 radical (unpaired) electrons. The van der Waals surface area contributed by atoms with E-state index in [1.54, 1.807) is 21.9 Å². The predicted octanol–water partition coefficient (Wildman–Crippen LogP) is 3.49. The number of rotatable bonds is 6. The largest absolute Gasteiger partial charge is 0.449 e. The summed E-state index contributed by atoms with van der Waals surface area (Å²) in [6, 6.07) is 9.64. The smallest absolute Gasteiger partial charge is 0.409 e. The minimum Gasteiger partial charge on any atom is -0.449 e. The van der Waals surface area contributed by atoms with Gasteiger partial charge < -0.3 is 14.5 Å². The molecule has 0 spiro atoms. The number of halogens is 1. The summed E-state index contributed by atoms with van der Waals surface area (Å²) in [4.78, 5) is 28.0. The summed E-state index contributed by atoms with van der Waals surface area (Å²) >= 11 is 0. The molecule has 3 rings (SSSR count). The average molecular weight is 478 g/mol. The van der Waals surface area contributed by atoms with Gasteiger partial charge in [-0.2, -0.15) is 0 Å². The van der Waals surface area contributed by atoms with Crippen LogP contribution < -0.4 is 4.72 Å². The Kier molecular flexibility index (Phi) is 7.57. The number of hydrogen-bond acceptors (Lipinski definition) is 5.